The molecule has 53 heavy (non-hydrogen) atoms. The van der Waals surface area contributed by atoms with Gasteiger partial charge in [0.2, 0.25) is 0 Å². The van der Waals surface area contributed by atoms with Crippen LogP contribution in [0.3, 0.4) is 0 Å². The van der Waals surface area contributed by atoms with E-state index in [1.165, 1.54) is 6.07 Å². The van der Waals surface area contributed by atoms with E-state index in [1.54, 1.807) is 31.5 Å². The molecule has 0 atom stereocenters. The molecule has 2 heterocycles. The van der Waals surface area contributed by atoms with Crippen molar-refractivity contribution >= 4 is 36.8 Å². The average Bonchev–Trinajstić information content (AvgIpc) is 3.46. The van der Waals surface area contributed by atoms with E-state index in [1.807, 2.05) is 53.2 Å². The van der Waals surface area contributed by atoms with Crippen molar-refractivity contribution in [2.45, 2.75) is 109 Å². The summed E-state index contributed by atoms with van der Waals surface area (Å²) in [5.41, 5.74) is 4.91. The number of hydrogen-bond acceptors (Lipinski definition) is 6. The van der Waals surface area contributed by atoms with E-state index in [-0.39, 0.29) is 34.2 Å². The molecule has 5 aromatic rings. The van der Waals surface area contributed by atoms with Crippen LogP contribution in [0.5, 0.6) is 5.75 Å². The number of hydrogen-bond donors (Lipinski definition) is 2. The van der Waals surface area contributed by atoms with Gasteiger partial charge in [-0.1, -0.05) is 71.9 Å². The molecule has 8 nitrogen and oxygen atoms in total. The zero-order chi connectivity index (χ0) is 38.1. The minimum Gasteiger partial charge on any atom is -0.497 e. The molecule has 0 saturated heterocycles. The molecule has 1 aliphatic rings. The minimum absolute atomic E-state index is 0.0318. The monoisotopic (exact) mass is 735 g/mol. The molecule has 0 unspecified atom stereocenters. The molecule has 280 valence electrons. The molecule has 2 aromatic heterocycles. The van der Waals surface area contributed by atoms with Crippen molar-refractivity contribution in [3.05, 3.63) is 102 Å². The number of nitrogens with one attached hydrogen (secondary N) is 2. The first kappa shape index (κ1) is 38.2. The molecule has 0 spiro atoms. The highest BCUT2D eigenvalue weighted by Crippen LogP contribution is 2.40. The maximum Gasteiger partial charge on any atom is 0.255 e. The fourth-order valence-corrected chi connectivity index (χ4v) is 8.09. The van der Waals surface area contributed by atoms with E-state index in [0.717, 1.165) is 59.3 Å². The maximum atomic E-state index is 15.8. The molecular weight excluding hydrogens is 682 g/mol. The molecule has 1 fully saturated rings. The molecule has 0 radical (unpaired) electrons. The van der Waals surface area contributed by atoms with Crippen molar-refractivity contribution < 1.29 is 18.3 Å². The predicted molar refractivity (Wildman–Crippen MR) is 216 cm³/mol. The van der Waals surface area contributed by atoms with Gasteiger partial charge in [-0.3, -0.25) is 4.79 Å². The number of nitrogens with zero attached hydrogens (tertiary/aromatic N) is 3. The van der Waals surface area contributed by atoms with Crippen LogP contribution in [0.4, 0.5) is 15.9 Å². The smallest absolute Gasteiger partial charge is 0.255 e. The lowest BCUT2D eigenvalue weighted by molar-refractivity contribution is 0.102. The number of fused-ring (bicyclic) bond motifs is 1. The van der Waals surface area contributed by atoms with Gasteiger partial charge < -0.3 is 19.8 Å². The highest BCUT2D eigenvalue weighted by atomic mass is 28.4. The predicted octanol–water partition coefficient (Wildman–Crippen LogP) is 10.6. The molecule has 10 heteroatoms. The summed E-state index contributed by atoms with van der Waals surface area (Å²) in [7, 11) is -0.205. The summed E-state index contributed by atoms with van der Waals surface area (Å²) >= 11 is 0. The number of carbonyl (C=O) groups is 1. The number of pyridine rings is 1. The third-order valence-corrected chi connectivity index (χ3v) is 15.5. The van der Waals surface area contributed by atoms with E-state index in [9.17, 15) is 4.79 Å². The van der Waals surface area contributed by atoms with Crippen molar-refractivity contribution in [3.63, 3.8) is 0 Å². The quantitative estimate of drug-likeness (QED) is 0.139. The number of ether oxygens (including phenoxy) is 1. The Balaban J connectivity index is 1.28. The summed E-state index contributed by atoms with van der Waals surface area (Å²) in [4.78, 5) is 17.9. The van der Waals surface area contributed by atoms with Crippen molar-refractivity contribution in [1.82, 2.24) is 14.8 Å². The standard InChI is InChI=1S/C43H54FN5O3Si/c1-42(2,3)31-15-12-29(13-16-31)41(50)47-37-23-14-30(26-36(37)44)35-24-25-45-40-38(35)39(48-49(40)27-28-10-19-33(51-7)20-11-28)46-32-17-21-34(22-18-32)52-53(8,9)43(4,5)6/h10-16,19-20,23-26,32,34H,17-18,21-22,27H2,1-9H3,(H,46,48)(H,47,50)/t32-,34-. The van der Waals surface area contributed by atoms with Crippen LogP contribution >= 0.6 is 0 Å². The maximum absolute atomic E-state index is 15.8. The van der Waals surface area contributed by atoms with Gasteiger partial charge in [0.15, 0.2) is 19.8 Å². The number of amides is 1. The van der Waals surface area contributed by atoms with Gasteiger partial charge in [0, 0.05) is 23.9 Å². The summed E-state index contributed by atoms with van der Waals surface area (Å²) in [6.45, 7) is 18.4. The van der Waals surface area contributed by atoms with Crippen LogP contribution < -0.4 is 15.4 Å². The Morgan fingerprint density at radius 1 is 0.925 bits per heavy atom. The van der Waals surface area contributed by atoms with Crippen LogP contribution in [0.2, 0.25) is 18.1 Å². The van der Waals surface area contributed by atoms with Gasteiger partial charge in [0.05, 0.1) is 24.7 Å². The molecule has 0 bridgehead atoms. The molecule has 0 aliphatic heterocycles. The van der Waals surface area contributed by atoms with Crippen molar-refractivity contribution in [1.29, 1.82) is 0 Å². The largest absolute Gasteiger partial charge is 0.497 e. The summed E-state index contributed by atoms with van der Waals surface area (Å²) < 4.78 is 29.8. The van der Waals surface area contributed by atoms with Crippen LogP contribution in [0, 0.1) is 5.82 Å². The van der Waals surface area contributed by atoms with Gasteiger partial charge in [0.1, 0.15) is 11.6 Å². The lowest BCUT2D eigenvalue weighted by Crippen LogP contribution is -2.45. The first-order chi connectivity index (χ1) is 25.0. The second-order valence-corrected chi connectivity index (χ2v) is 21.6. The number of anilines is 2. The number of carbonyl (C=O) groups excluding carboxylic acids is 1. The topological polar surface area (TPSA) is 90.3 Å². The lowest BCUT2D eigenvalue weighted by atomic mass is 9.87. The Kier molecular flexibility index (Phi) is 10.9. The number of halogens is 1. The molecule has 2 N–H and O–H groups in total. The van der Waals surface area contributed by atoms with E-state index >= 15 is 4.39 Å². The van der Waals surface area contributed by atoms with Gasteiger partial charge in [0.25, 0.3) is 5.91 Å². The van der Waals surface area contributed by atoms with Gasteiger partial charge in [-0.15, -0.1) is 0 Å². The van der Waals surface area contributed by atoms with E-state index < -0.39 is 14.1 Å². The van der Waals surface area contributed by atoms with Crippen molar-refractivity contribution in [2.24, 2.45) is 0 Å². The van der Waals surface area contributed by atoms with Gasteiger partial charge in [-0.05, 0) is 114 Å². The molecule has 1 saturated carbocycles. The second-order valence-electron chi connectivity index (χ2n) is 16.9. The Bertz CT molecular complexity index is 2060. The van der Waals surface area contributed by atoms with Gasteiger partial charge in [-0.2, -0.15) is 5.10 Å². The van der Waals surface area contributed by atoms with Crippen LogP contribution in [-0.2, 0) is 16.4 Å². The zero-order valence-electron chi connectivity index (χ0n) is 32.6. The summed E-state index contributed by atoms with van der Waals surface area (Å²) in [5.74, 6) is 0.628. The third kappa shape index (κ3) is 8.65. The highest BCUT2D eigenvalue weighted by molar-refractivity contribution is 6.74. The van der Waals surface area contributed by atoms with Crippen LogP contribution in [0.25, 0.3) is 22.2 Å². The summed E-state index contributed by atoms with van der Waals surface area (Å²) in [6.07, 6.45) is 5.90. The number of aromatic nitrogens is 3. The first-order valence-electron chi connectivity index (χ1n) is 18.7. The molecular formula is C43H54FN5O3Si. The Hall–Kier alpha value is -4.54. The van der Waals surface area contributed by atoms with Gasteiger partial charge >= 0.3 is 0 Å². The SMILES string of the molecule is COc1ccc(Cn2nc(N[C@H]3CC[C@H](O[Si](C)(C)C(C)(C)C)CC3)c3c(-c4ccc(NC(=O)c5ccc(C(C)(C)C)cc5)c(F)c4)ccnc32)cc1. The second kappa shape index (κ2) is 15.1. The molecule has 1 amide bonds. The third-order valence-electron chi connectivity index (χ3n) is 10.9. The van der Waals surface area contributed by atoms with Crippen LogP contribution in [0.15, 0.2) is 79.0 Å². The number of benzene rings is 3. The Labute approximate surface area is 314 Å². The van der Waals surface area contributed by atoms with E-state index in [0.29, 0.717) is 23.3 Å². The van der Waals surface area contributed by atoms with Gasteiger partial charge in [-0.25, -0.2) is 14.1 Å². The Morgan fingerprint density at radius 3 is 2.21 bits per heavy atom. The minimum atomic E-state index is -1.86. The van der Waals surface area contributed by atoms with Crippen LogP contribution in [-0.4, -0.2) is 48.2 Å². The van der Waals surface area contributed by atoms with E-state index in [4.69, 9.17) is 19.2 Å². The zero-order valence-corrected chi connectivity index (χ0v) is 33.6. The first-order valence-corrected chi connectivity index (χ1v) is 21.6. The molecule has 3 aromatic carbocycles. The molecule has 1 aliphatic carbocycles. The average molecular weight is 736 g/mol. The number of rotatable bonds is 10. The lowest BCUT2D eigenvalue weighted by Gasteiger charge is -2.41. The fraction of sp³-hybridized carbons (Fsp3) is 0.419. The summed E-state index contributed by atoms with van der Waals surface area (Å²) in [6, 6.07) is 22.4. The van der Waals surface area contributed by atoms with Crippen molar-refractivity contribution in [3.8, 4) is 16.9 Å². The van der Waals surface area contributed by atoms with Crippen LogP contribution in [0.1, 0.15) is 88.7 Å². The fourth-order valence-electron chi connectivity index (χ4n) is 6.67. The molecule has 6 rings (SSSR count). The van der Waals surface area contributed by atoms with E-state index in [2.05, 4.69) is 65.3 Å². The highest BCUT2D eigenvalue weighted by Gasteiger charge is 2.40. The Morgan fingerprint density at radius 2 is 1.60 bits per heavy atom. The van der Waals surface area contributed by atoms with Crippen molar-refractivity contribution in [2.75, 3.05) is 17.7 Å². The summed E-state index contributed by atoms with van der Waals surface area (Å²) in [5, 5.41) is 12.6. The normalized spacial score (nSPS) is 16.8. The number of methoxy groups -OCH3 is 1.